The third-order valence-electron chi connectivity index (χ3n) is 3.00. The third-order valence-corrected chi connectivity index (χ3v) is 3.00. The van der Waals surface area contributed by atoms with E-state index in [1.807, 2.05) is 0 Å². The van der Waals surface area contributed by atoms with E-state index in [0.717, 1.165) is 25.8 Å². The summed E-state index contributed by atoms with van der Waals surface area (Å²) in [7, 11) is 0. The fourth-order valence-corrected chi connectivity index (χ4v) is 1.72. The first kappa shape index (κ1) is 11.3. The highest BCUT2D eigenvalue weighted by atomic mass is 16.2. The van der Waals surface area contributed by atoms with Crippen molar-refractivity contribution < 1.29 is 4.79 Å². The van der Waals surface area contributed by atoms with Gasteiger partial charge in [-0.2, -0.15) is 0 Å². The molecule has 2 amide bonds. The first-order chi connectivity index (χ1) is 6.72. The maximum Gasteiger partial charge on any atom is 0.315 e. The zero-order valence-electron chi connectivity index (χ0n) is 9.31. The van der Waals surface area contributed by atoms with E-state index in [1.54, 1.807) is 0 Å². The average molecular weight is 198 g/mol. The second-order valence-electron chi connectivity index (χ2n) is 4.35. The Morgan fingerprint density at radius 1 is 1.43 bits per heavy atom. The van der Waals surface area contributed by atoms with Crippen molar-refractivity contribution in [2.45, 2.75) is 52.0 Å². The van der Waals surface area contributed by atoms with Crippen LogP contribution in [-0.4, -0.2) is 18.6 Å². The molecular weight excluding hydrogens is 176 g/mol. The van der Waals surface area contributed by atoms with Crippen molar-refractivity contribution in [1.82, 2.24) is 10.6 Å². The topological polar surface area (TPSA) is 41.1 Å². The van der Waals surface area contributed by atoms with E-state index >= 15 is 0 Å². The van der Waals surface area contributed by atoms with Crippen molar-refractivity contribution in [3.05, 3.63) is 0 Å². The van der Waals surface area contributed by atoms with Crippen LogP contribution in [0.3, 0.4) is 0 Å². The van der Waals surface area contributed by atoms with Gasteiger partial charge in [0, 0.05) is 12.6 Å². The van der Waals surface area contributed by atoms with Crippen molar-refractivity contribution in [1.29, 1.82) is 0 Å². The number of nitrogens with one attached hydrogen (secondary N) is 2. The predicted octanol–water partition coefficient (Wildman–Crippen LogP) is 2.27. The molecule has 0 radical (unpaired) electrons. The lowest BCUT2D eigenvalue weighted by molar-refractivity contribution is 0.235. The van der Waals surface area contributed by atoms with Crippen molar-refractivity contribution in [3.8, 4) is 0 Å². The van der Waals surface area contributed by atoms with Gasteiger partial charge < -0.3 is 10.6 Å². The van der Waals surface area contributed by atoms with Crippen LogP contribution in [-0.2, 0) is 0 Å². The minimum atomic E-state index is 0.0113. The van der Waals surface area contributed by atoms with Gasteiger partial charge in [-0.25, -0.2) is 4.79 Å². The van der Waals surface area contributed by atoms with Gasteiger partial charge in [-0.05, 0) is 18.8 Å². The normalized spacial score (nSPS) is 19.3. The zero-order chi connectivity index (χ0) is 10.4. The number of rotatable bonds is 4. The first-order valence-corrected chi connectivity index (χ1v) is 5.76. The third kappa shape index (κ3) is 3.99. The summed E-state index contributed by atoms with van der Waals surface area (Å²) < 4.78 is 0. The highest BCUT2D eigenvalue weighted by molar-refractivity contribution is 5.74. The van der Waals surface area contributed by atoms with Crippen LogP contribution >= 0.6 is 0 Å². The average Bonchev–Trinajstić information content (AvgIpc) is 2.66. The molecule has 0 aromatic rings. The van der Waals surface area contributed by atoms with E-state index < -0.39 is 0 Å². The fourth-order valence-electron chi connectivity index (χ4n) is 1.72. The number of carbonyl (C=O) groups excluding carboxylic acids is 1. The van der Waals surface area contributed by atoms with Gasteiger partial charge >= 0.3 is 6.03 Å². The van der Waals surface area contributed by atoms with E-state index in [-0.39, 0.29) is 6.03 Å². The molecule has 0 bridgehead atoms. The summed E-state index contributed by atoms with van der Waals surface area (Å²) in [4.78, 5) is 11.4. The molecule has 1 atom stereocenters. The highest BCUT2D eigenvalue weighted by Gasteiger charge is 2.16. The molecule has 1 saturated carbocycles. The van der Waals surface area contributed by atoms with Crippen LogP contribution in [0, 0.1) is 5.92 Å². The van der Waals surface area contributed by atoms with Crippen LogP contribution in [0.4, 0.5) is 4.79 Å². The Morgan fingerprint density at radius 2 is 2.07 bits per heavy atom. The Bertz CT molecular complexity index is 176. The van der Waals surface area contributed by atoms with Crippen LogP contribution in [0.1, 0.15) is 46.0 Å². The summed E-state index contributed by atoms with van der Waals surface area (Å²) in [6, 6.07) is 0.434. The quantitative estimate of drug-likeness (QED) is 0.715. The van der Waals surface area contributed by atoms with Crippen molar-refractivity contribution in [2.24, 2.45) is 5.92 Å². The lowest BCUT2D eigenvalue weighted by Gasteiger charge is -2.14. The molecule has 1 unspecified atom stereocenters. The molecule has 1 aliphatic rings. The molecule has 3 nitrogen and oxygen atoms in total. The molecule has 0 saturated heterocycles. The Kier molecular flexibility index (Phi) is 4.77. The number of hydrogen-bond donors (Lipinski definition) is 2. The van der Waals surface area contributed by atoms with Gasteiger partial charge in [0.25, 0.3) is 0 Å². The molecule has 82 valence electrons. The SMILES string of the molecule is CCC(C)CNC(=O)NC1CCCC1. The van der Waals surface area contributed by atoms with E-state index in [9.17, 15) is 4.79 Å². The summed E-state index contributed by atoms with van der Waals surface area (Å²) in [6.45, 7) is 5.08. The van der Waals surface area contributed by atoms with E-state index in [0.29, 0.717) is 12.0 Å². The highest BCUT2D eigenvalue weighted by Crippen LogP contribution is 2.17. The molecular formula is C11H22N2O. The molecule has 2 N–H and O–H groups in total. The molecule has 14 heavy (non-hydrogen) atoms. The fraction of sp³-hybridized carbons (Fsp3) is 0.909. The molecule has 1 rings (SSSR count). The van der Waals surface area contributed by atoms with Crippen molar-refractivity contribution >= 4 is 6.03 Å². The van der Waals surface area contributed by atoms with Crippen LogP contribution in [0.5, 0.6) is 0 Å². The van der Waals surface area contributed by atoms with Crippen molar-refractivity contribution in [2.75, 3.05) is 6.54 Å². The minimum absolute atomic E-state index is 0.0113. The van der Waals surface area contributed by atoms with E-state index in [2.05, 4.69) is 24.5 Å². The molecule has 0 aliphatic heterocycles. The number of urea groups is 1. The summed E-state index contributed by atoms with van der Waals surface area (Å²) in [5, 5.41) is 5.92. The molecule has 1 aliphatic carbocycles. The molecule has 0 aromatic heterocycles. The Hall–Kier alpha value is -0.730. The van der Waals surface area contributed by atoms with Gasteiger partial charge in [0.05, 0.1) is 0 Å². The lowest BCUT2D eigenvalue weighted by Crippen LogP contribution is -2.42. The van der Waals surface area contributed by atoms with Gasteiger partial charge in [-0.15, -0.1) is 0 Å². The molecule has 3 heteroatoms. The van der Waals surface area contributed by atoms with E-state index in [1.165, 1.54) is 12.8 Å². The monoisotopic (exact) mass is 198 g/mol. The first-order valence-electron chi connectivity index (χ1n) is 5.76. The maximum absolute atomic E-state index is 11.4. The predicted molar refractivity (Wildman–Crippen MR) is 58.2 cm³/mol. The Labute approximate surface area is 86.6 Å². The van der Waals surface area contributed by atoms with Gasteiger partial charge in [-0.3, -0.25) is 0 Å². The van der Waals surface area contributed by atoms with Crippen LogP contribution in [0.25, 0.3) is 0 Å². The smallest absolute Gasteiger partial charge is 0.315 e. The van der Waals surface area contributed by atoms with Gasteiger partial charge in [0.1, 0.15) is 0 Å². The summed E-state index contributed by atoms with van der Waals surface area (Å²) in [5.74, 6) is 0.573. The molecule has 1 fully saturated rings. The maximum atomic E-state index is 11.4. The number of amides is 2. The molecule has 0 heterocycles. The second kappa shape index (κ2) is 5.89. The Morgan fingerprint density at radius 3 is 2.64 bits per heavy atom. The van der Waals surface area contributed by atoms with Crippen LogP contribution in [0.15, 0.2) is 0 Å². The second-order valence-corrected chi connectivity index (χ2v) is 4.35. The summed E-state index contributed by atoms with van der Waals surface area (Å²) in [6.07, 6.45) is 5.93. The summed E-state index contributed by atoms with van der Waals surface area (Å²) >= 11 is 0. The molecule has 0 aromatic carbocycles. The lowest BCUT2D eigenvalue weighted by atomic mass is 10.1. The standard InChI is InChI=1S/C11H22N2O/c1-3-9(2)8-12-11(14)13-10-6-4-5-7-10/h9-10H,3-8H2,1-2H3,(H2,12,13,14). The zero-order valence-corrected chi connectivity index (χ0v) is 9.31. The number of carbonyl (C=O) groups is 1. The largest absolute Gasteiger partial charge is 0.338 e. The molecule has 0 spiro atoms. The van der Waals surface area contributed by atoms with Crippen molar-refractivity contribution in [3.63, 3.8) is 0 Å². The minimum Gasteiger partial charge on any atom is -0.338 e. The Balaban J connectivity index is 2.09. The van der Waals surface area contributed by atoms with Gasteiger partial charge in [-0.1, -0.05) is 33.1 Å². The van der Waals surface area contributed by atoms with Crippen LogP contribution < -0.4 is 10.6 Å². The van der Waals surface area contributed by atoms with Gasteiger partial charge in [0.15, 0.2) is 0 Å². The number of hydrogen-bond acceptors (Lipinski definition) is 1. The van der Waals surface area contributed by atoms with E-state index in [4.69, 9.17) is 0 Å². The summed E-state index contributed by atoms with van der Waals surface area (Å²) in [5.41, 5.74) is 0. The van der Waals surface area contributed by atoms with Gasteiger partial charge in [0.2, 0.25) is 0 Å². The van der Waals surface area contributed by atoms with Crippen LogP contribution in [0.2, 0.25) is 0 Å².